The molecule has 0 bridgehead atoms. The van der Waals surface area contributed by atoms with Crippen LogP contribution in [0.5, 0.6) is 0 Å². The van der Waals surface area contributed by atoms with E-state index < -0.39 is 20.0 Å². The van der Waals surface area contributed by atoms with Gasteiger partial charge in [-0.1, -0.05) is 348 Å². The van der Waals surface area contributed by atoms with Gasteiger partial charge in [0.15, 0.2) is 0 Å². The van der Waals surface area contributed by atoms with E-state index in [0.29, 0.717) is 23.9 Å². The average Bonchev–Trinajstić information content (AvgIpc) is 3.71. The lowest BCUT2D eigenvalue weighted by molar-refractivity contribution is -0.870. The van der Waals surface area contributed by atoms with Gasteiger partial charge in [0, 0.05) is 6.42 Å². The Labute approximate surface area is 540 Å². The number of quaternary nitrogens is 1. The molecular weight excluding hydrogens is 1090 g/mol. The number of allylic oxidation sites excluding steroid dienone is 18. The van der Waals surface area contributed by atoms with E-state index in [1.165, 1.54) is 186 Å². The molecule has 1 amide bonds. The molecule has 0 aliphatic rings. The minimum atomic E-state index is -4.60. The molecule has 9 heteroatoms. The summed E-state index contributed by atoms with van der Waals surface area (Å²) in [5.74, 6) is -0.184. The largest absolute Gasteiger partial charge is 0.756 e. The maximum absolute atomic E-state index is 13.1. The minimum absolute atomic E-state index is 0.00291. The third-order valence-corrected chi connectivity index (χ3v) is 17.2. The zero-order valence-corrected chi connectivity index (χ0v) is 58.6. The smallest absolute Gasteiger partial charge is 0.268 e. The number of aliphatic hydroxyl groups is 1. The second-order valence-corrected chi connectivity index (χ2v) is 27.3. The lowest BCUT2D eigenvalue weighted by atomic mass is 10.0. The van der Waals surface area contributed by atoms with Crippen LogP contribution in [-0.4, -0.2) is 68.5 Å². The van der Waals surface area contributed by atoms with Gasteiger partial charge in [0.05, 0.1) is 39.9 Å². The fraction of sp³-hybridized carbons (Fsp3) is 0.756. The molecule has 0 heterocycles. The Morgan fingerprint density at radius 2 is 0.701 bits per heavy atom. The van der Waals surface area contributed by atoms with Crippen LogP contribution in [0.25, 0.3) is 0 Å². The normalized spacial score (nSPS) is 14.2. The number of aliphatic hydroxyl groups excluding tert-OH is 1. The minimum Gasteiger partial charge on any atom is -0.756 e. The van der Waals surface area contributed by atoms with Crippen molar-refractivity contribution in [2.45, 2.75) is 341 Å². The van der Waals surface area contributed by atoms with Crippen LogP contribution in [0.15, 0.2) is 109 Å². The molecule has 0 fully saturated rings. The summed E-state index contributed by atoms with van der Waals surface area (Å²) in [6, 6.07) is -0.822. The fourth-order valence-electron chi connectivity index (χ4n) is 10.6. The Bertz CT molecular complexity index is 1790. The first kappa shape index (κ1) is 84.2. The van der Waals surface area contributed by atoms with Crippen molar-refractivity contribution in [2.75, 3.05) is 40.9 Å². The van der Waals surface area contributed by atoms with Crippen molar-refractivity contribution >= 4 is 13.7 Å². The van der Waals surface area contributed by atoms with E-state index in [9.17, 15) is 19.4 Å². The molecule has 0 saturated carbocycles. The van der Waals surface area contributed by atoms with Crippen LogP contribution < -0.4 is 10.2 Å². The second-order valence-electron chi connectivity index (χ2n) is 25.9. The summed E-state index contributed by atoms with van der Waals surface area (Å²) in [6.07, 6.45) is 98.9. The van der Waals surface area contributed by atoms with Gasteiger partial charge in [0.2, 0.25) is 5.91 Å². The predicted octanol–water partition coefficient (Wildman–Crippen LogP) is 23.2. The van der Waals surface area contributed by atoms with Gasteiger partial charge in [-0.2, -0.15) is 0 Å². The number of phosphoric ester groups is 1. The van der Waals surface area contributed by atoms with Crippen molar-refractivity contribution in [3.05, 3.63) is 109 Å². The Hall–Kier alpha value is -2.84. The summed E-state index contributed by atoms with van der Waals surface area (Å²) < 4.78 is 23.5. The number of likely N-dealkylation sites (N-methyl/N-ethyl adjacent to an activating group) is 1. The maximum atomic E-state index is 13.1. The summed E-state index contributed by atoms with van der Waals surface area (Å²) in [5.41, 5.74) is 0. The van der Waals surface area contributed by atoms with E-state index in [1.54, 1.807) is 0 Å². The third-order valence-electron chi connectivity index (χ3n) is 16.3. The van der Waals surface area contributed by atoms with Gasteiger partial charge in [0.25, 0.3) is 7.82 Å². The molecule has 0 radical (unpaired) electrons. The van der Waals surface area contributed by atoms with Gasteiger partial charge < -0.3 is 28.8 Å². The van der Waals surface area contributed by atoms with Crippen LogP contribution in [0.4, 0.5) is 0 Å². The van der Waals surface area contributed by atoms with Gasteiger partial charge in [0.1, 0.15) is 13.2 Å². The highest BCUT2D eigenvalue weighted by Crippen LogP contribution is 2.38. The Kier molecular flexibility index (Phi) is 65.3. The number of rotatable bonds is 67. The second kappa shape index (κ2) is 67.6. The molecule has 8 nitrogen and oxygen atoms in total. The van der Waals surface area contributed by atoms with Crippen LogP contribution in [0.1, 0.15) is 328 Å². The van der Waals surface area contributed by atoms with E-state index >= 15 is 0 Å². The Morgan fingerprint density at radius 1 is 0.414 bits per heavy atom. The third kappa shape index (κ3) is 70.5. The summed E-state index contributed by atoms with van der Waals surface area (Å²) in [5, 5.41) is 14.1. The van der Waals surface area contributed by atoms with Crippen LogP contribution in [-0.2, 0) is 18.4 Å². The average molecular weight is 1230 g/mol. The molecule has 0 aromatic rings. The molecular formula is C78H141N2O6P. The van der Waals surface area contributed by atoms with Crippen LogP contribution in [0.2, 0.25) is 0 Å². The lowest BCUT2D eigenvalue weighted by Crippen LogP contribution is -2.46. The molecule has 0 aliphatic heterocycles. The molecule has 504 valence electrons. The number of unbranched alkanes of at least 4 members (excludes halogenated alkanes) is 36. The van der Waals surface area contributed by atoms with E-state index in [0.717, 1.165) is 116 Å². The van der Waals surface area contributed by atoms with E-state index in [1.807, 2.05) is 21.1 Å². The number of hydrogen-bond acceptors (Lipinski definition) is 6. The first-order valence-corrected chi connectivity index (χ1v) is 38.2. The summed E-state index contributed by atoms with van der Waals surface area (Å²) in [6.45, 7) is 4.62. The van der Waals surface area contributed by atoms with Crippen molar-refractivity contribution in [3.8, 4) is 0 Å². The molecule has 0 aromatic heterocycles. The predicted molar refractivity (Wildman–Crippen MR) is 380 cm³/mol. The molecule has 0 aliphatic carbocycles. The molecule has 3 unspecified atom stereocenters. The number of phosphoric acid groups is 1. The molecule has 3 atom stereocenters. The lowest BCUT2D eigenvalue weighted by Gasteiger charge is -2.30. The maximum Gasteiger partial charge on any atom is 0.268 e. The standard InChI is InChI=1S/C78H141N2O6P/c1-6-8-10-12-14-16-18-20-22-24-26-28-30-32-34-36-38-40-42-44-46-48-50-52-54-56-58-60-62-64-66-68-70-72-78(82)79-76(75-86-87(83,84)85-74-73-80(3,4)5)77(81)71-69-67-65-63-61-59-57-55-53-51-49-47-45-43-41-39-37-35-33-31-29-27-25-23-21-19-17-15-13-11-9-7-2/h8,10,14,16,20,22,26,28,32,34,38,40,44,46,50,52,56,58,76-77,81H,6-7,9,11-13,15,17-19,21,23-25,27,29-31,33,35-37,39,41-43,45,47-49,51,53-55,57,59-75H2,1-5H3,(H-,79,82,83,84)/b10-8-,16-14-,22-20-,28-26-,34-32-,40-38-,46-44-,52-50-,58-56-. The summed E-state index contributed by atoms with van der Waals surface area (Å²) in [7, 11) is 1.28. The van der Waals surface area contributed by atoms with Crippen LogP contribution in [0.3, 0.4) is 0 Å². The van der Waals surface area contributed by atoms with Crippen molar-refractivity contribution < 1.29 is 32.9 Å². The molecule has 0 saturated heterocycles. The van der Waals surface area contributed by atoms with Gasteiger partial charge in [-0.25, -0.2) is 0 Å². The van der Waals surface area contributed by atoms with Crippen LogP contribution in [0, 0.1) is 0 Å². The van der Waals surface area contributed by atoms with Crippen molar-refractivity contribution in [1.82, 2.24) is 5.32 Å². The zero-order chi connectivity index (χ0) is 63.4. The molecule has 87 heavy (non-hydrogen) atoms. The first-order chi connectivity index (χ1) is 42.5. The van der Waals surface area contributed by atoms with E-state index in [-0.39, 0.29) is 19.1 Å². The van der Waals surface area contributed by atoms with Crippen molar-refractivity contribution in [1.29, 1.82) is 0 Å². The molecule has 0 aromatic carbocycles. The van der Waals surface area contributed by atoms with Gasteiger partial charge in [-0.3, -0.25) is 9.36 Å². The first-order valence-electron chi connectivity index (χ1n) is 36.7. The highest BCUT2D eigenvalue weighted by Gasteiger charge is 2.24. The highest BCUT2D eigenvalue weighted by molar-refractivity contribution is 7.45. The van der Waals surface area contributed by atoms with E-state index in [2.05, 4.69) is 129 Å². The zero-order valence-electron chi connectivity index (χ0n) is 57.7. The number of nitrogens with one attached hydrogen (secondary N) is 1. The SMILES string of the molecule is CC/C=C\C/C=C\C/C=C\C/C=C\C/C=C\C/C=C\C/C=C\C/C=C\C/C=C\CCCCCCCC(=O)NC(COP(=O)([O-])OCC[N+](C)(C)C)C(O)CCCCCCCCCCCCCCCCCCCCCCCCCCCCCCCCCC. The Balaban J connectivity index is 4.10. The summed E-state index contributed by atoms with van der Waals surface area (Å²) >= 11 is 0. The van der Waals surface area contributed by atoms with Crippen molar-refractivity contribution in [2.24, 2.45) is 0 Å². The topological polar surface area (TPSA) is 108 Å². The number of carbonyl (C=O) groups excluding carboxylic acids is 1. The fourth-order valence-corrected chi connectivity index (χ4v) is 11.3. The summed E-state index contributed by atoms with van der Waals surface area (Å²) in [4.78, 5) is 25.7. The Morgan fingerprint density at radius 3 is 1.02 bits per heavy atom. The van der Waals surface area contributed by atoms with E-state index in [4.69, 9.17) is 9.05 Å². The molecule has 2 N–H and O–H groups in total. The quantitative estimate of drug-likeness (QED) is 0.0272. The van der Waals surface area contributed by atoms with Crippen LogP contribution >= 0.6 is 7.82 Å². The van der Waals surface area contributed by atoms with Gasteiger partial charge in [-0.05, 0) is 83.5 Å². The highest BCUT2D eigenvalue weighted by atomic mass is 31.2. The number of amides is 1. The number of nitrogens with zero attached hydrogens (tertiary/aromatic N) is 1. The monoisotopic (exact) mass is 1230 g/mol. The number of carbonyl (C=O) groups is 1. The van der Waals surface area contributed by atoms with Gasteiger partial charge in [-0.15, -0.1) is 0 Å². The molecule has 0 spiro atoms. The van der Waals surface area contributed by atoms with Gasteiger partial charge >= 0.3 is 0 Å². The molecule has 0 rings (SSSR count). The van der Waals surface area contributed by atoms with Crippen molar-refractivity contribution in [3.63, 3.8) is 0 Å². The number of hydrogen-bond donors (Lipinski definition) is 2.